The second-order valence-corrected chi connectivity index (χ2v) is 15.3. The van der Waals surface area contributed by atoms with E-state index in [1.807, 2.05) is 12.1 Å². The largest absolute Gasteiger partial charge is 0.309 e. The number of thioether (sulfide) groups is 1. The predicted octanol–water partition coefficient (Wildman–Crippen LogP) is 13.9. The average molecular weight is 748 g/mol. The van der Waals surface area contributed by atoms with Crippen molar-refractivity contribution in [1.29, 1.82) is 0 Å². The second kappa shape index (κ2) is 14.9. The van der Waals surface area contributed by atoms with Crippen LogP contribution < -0.4 is 0 Å². The molecule has 0 aliphatic carbocycles. The quantitative estimate of drug-likeness (QED) is 0.142. The molecule has 0 spiro atoms. The zero-order valence-corrected chi connectivity index (χ0v) is 32.0. The van der Waals surface area contributed by atoms with Gasteiger partial charge in [0.2, 0.25) is 0 Å². The summed E-state index contributed by atoms with van der Waals surface area (Å²) in [4.78, 5) is 12.2. The molecule has 4 heteroatoms. The molecule has 0 fully saturated rings. The Hall–Kier alpha value is -7.01. The fraction of sp³-hybridized carbons (Fsp3) is 0.0189. The highest BCUT2D eigenvalue weighted by molar-refractivity contribution is 8.05. The number of benzene rings is 8. The molecule has 0 amide bonds. The summed E-state index contributed by atoms with van der Waals surface area (Å²) in [5.74, 6) is 0. The number of allylic oxidation sites excluding steroid dienone is 1. The van der Waals surface area contributed by atoms with Crippen molar-refractivity contribution >= 4 is 51.7 Å². The lowest BCUT2D eigenvalue weighted by atomic mass is 9.96. The Kier molecular flexibility index (Phi) is 9.02. The van der Waals surface area contributed by atoms with Crippen molar-refractivity contribution in [2.45, 2.75) is 11.4 Å². The number of rotatable bonds is 8. The first kappa shape index (κ1) is 34.5. The second-order valence-electron chi connectivity index (χ2n) is 14.2. The third-order valence-electron chi connectivity index (χ3n) is 10.8. The van der Waals surface area contributed by atoms with Crippen LogP contribution in [0, 0.1) is 0 Å². The van der Waals surface area contributed by atoms with Gasteiger partial charge in [0.25, 0.3) is 0 Å². The number of aromatic nitrogens is 1. The van der Waals surface area contributed by atoms with Crippen LogP contribution in [0.25, 0.3) is 66.6 Å². The van der Waals surface area contributed by atoms with Gasteiger partial charge in [0, 0.05) is 32.5 Å². The summed E-state index contributed by atoms with van der Waals surface area (Å²) in [5.41, 5.74) is 15.6. The third kappa shape index (κ3) is 6.50. The first-order valence-electron chi connectivity index (χ1n) is 19.2. The molecule has 270 valence electrons. The SMILES string of the molecule is C=N/C(=C1/Sc2ccc(-c3cccc(-c4ccc5c(c4)c4ccccc4n5-c4ccccc4)c3)cc2C1=NCc1ccccc1)c1cccc(-c2ccccc2)c1. The van der Waals surface area contributed by atoms with Crippen LogP contribution in [0.5, 0.6) is 0 Å². The number of hydrogen-bond donors (Lipinski definition) is 0. The van der Waals surface area contributed by atoms with Gasteiger partial charge in [-0.15, -0.1) is 0 Å². The van der Waals surface area contributed by atoms with Crippen molar-refractivity contribution in [3.63, 3.8) is 0 Å². The van der Waals surface area contributed by atoms with Crippen LogP contribution in [0.15, 0.2) is 220 Å². The van der Waals surface area contributed by atoms with Crippen LogP contribution in [0.3, 0.4) is 0 Å². The Bertz CT molecular complexity index is 3010. The maximum Gasteiger partial charge on any atom is 0.0856 e. The molecule has 1 aliphatic heterocycles. The molecule has 0 atom stereocenters. The van der Waals surface area contributed by atoms with E-state index in [1.54, 1.807) is 11.8 Å². The van der Waals surface area contributed by atoms with Crippen LogP contribution in [0.1, 0.15) is 16.7 Å². The smallest absolute Gasteiger partial charge is 0.0856 e. The molecule has 0 unspecified atom stereocenters. The lowest BCUT2D eigenvalue weighted by molar-refractivity contribution is 1.07. The van der Waals surface area contributed by atoms with Crippen LogP contribution in [0.4, 0.5) is 0 Å². The third-order valence-corrected chi connectivity index (χ3v) is 11.9. The van der Waals surface area contributed by atoms with E-state index in [2.05, 4.69) is 204 Å². The fourth-order valence-corrected chi connectivity index (χ4v) is 9.16. The number of para-hydroxylation sites is 2. The maximum absolute atomic E-state index is 5.32. The van der Waals surface area contributed by atoms with E-state index in [1.165, 1.54) is 38.5 Å². The topological polar surface area (TPSA) is 29.6 Å². The molecular weight excluding hydrogens is 711 g/mol. The number of fused-ring (bicyclic) bond motifs is 4. The van der Waals surface area contributed by atoms with E-state index in [9.17, 15) is 0 Å². The molecule has 0 saturated carbocycles. The Morgan fingerprint density at radius 2 is 1.09 bits per heavy atom. The van der Waals surface area contributed by atoms with Crippen molar-refractivity contribution in [3.05, 3.63) is 222 Å². The molecule has 0 bridgehead atoms. The Balaban J connectivity index is 1.05. The monoisotopic (exact) mass is 747 g/mol. The van der Waals surface area contributed by atoms with Crippen molar-refractivity contribution in [3.8, 4) is 39.1 Å². The molecule has 2 heterocycles. The summed E-state index contributed by atoms with van der Waals surface area (Å²) >= 11 is 1.73. The summed E-state index contributed by atoms with van der Waals surface area (Å²) in [5, 5.41) is 2.49. The first-order chi connectivity index (χ1) is 28.2. The highest BCUT2D eigenvalue weighted by atomic mass is 32.2. The molecular formula is C53H37N3S. The summed E-state index contributed by atoms with van der Waals surface area (Å²) in [6, 6.07) is 71.3. The Labute approximate surface area is 337 Å². The zero-order chi connectivity index (χ0) is 38.1. The van der Waals surface area contributed by atoms with Gasteiger partial charge < -0.3 is 4.57 Å². The maximum atomic E-state index is 5.32. The highest BCUT2D eigenvalue weighted by Gasteiger charge is 2.28. The van der Waals surface area contributed by atoms with Gasteiger partial charge in [0.15, 0.2) is 0 Å². The number of hydrogen-bond acceptors (Lipinski definition) is 3. The molecule has 3 nitrogen and oxygen atoms in total. The minimum Gasteiger partial charge on any atom is -0.309 e. The zero-order valence-electron chi connectivity index (χ0n) is 31.2. The van der Waals surface area contributed by atoms with Gasteiger partial charge in [-0.2, -0.15) is 0 Å². The van der Waals surface area contributed by atoms with Gasteiger partial charge in [0.1, 0.15) is 0 Å². The van der Waals surface area contributed by atoms with Gasteiger partial charge in [-0.05, 0) is 100 Å². The van der Waals surface area contributed by atoms with Crippen LogP contribution in [-0.4, -0.2) is 17.0 Å². The summed E-state index contributed by atoms with van der Waals surface area (Å²) in [7, 11) is 0. The lowest BCUT2D eigenvalue weighted by Gasteiger charge is -2.11. The number of aliphatic imine (C=N–C) groups is 2. The van der Waals surface area contributed by atoms with E-state index in [-0.39, 0.29) is 0 Å². The standard InChI is InChI=1S/C53H37N3S/c1-54-51(43-22-14-19-38(32-43)37-17-7-3-8-18-37)53-52(55-35-36-15-5-2-6-16-36)47-34-42(28-30-50(47)57-53)40-21-13-20-39(31-40)41-27-29-49-46(33-41)45-25-11-12-26-48(45)56(49)44-23-9-4-10-24-44/h2-34H,1,35H2/b53-51+,55-52?. The van der Waals surface area contributed by atoms with E-state index < -0.39 is 0 Å². The number of nitrogens with zero attached hydrogens (tertiary/aromatic N) is 3. The molecule has 8 aromatic carbocycles. The summed E-state index contributed by atoms with van der Waals surface area (Å²) < 4.78 is 2.36. The normalized spacial score (nSPS) is 13.9. The van der Waals surface area contributed by atoms with Gasteiger partial charge >= 0.3 is 0 Å². The predicted molar refractivity (Wildman–Crippen MR) is 243 cm³/mol. The Morgan fingerprint density at radius 3 is 1.86 bits per heavy atom. The van der Waals surface area contributed by atoms with Crippen molar-refractivity contribution in [1.82, 2.24) is 4.57 Å². The van der Waals surface area contributed by atoms with Crippen molar-refractivity contribution in [2.75, 3.05) is 0 Å². The molecule has 0 saturated heterocycles. The molecule has 0 N–H and O–H groups in total. The highest BCUT2D eigenvalue weighted by Crippen LogP contribution is 2.46. The molecule has 57 heavy (non-hydrogen) atoms. The lowest BCUT2D eigenvalue weighted by Crippen LogP contribution is -2.02. The van der Waals surface area contributed by atoms with E-state index in [0.717, 1.165) is 60.3 Å². The summed E-state index contributed by atoms with van der Waals surface area (Å²) in [6.07, 6.45) is 0. The van der Waals surface area contributed by atoms with Crippen molar-refractivity contribution < 1.29 is 0 Å². The molecule has 0 radical (unpaired) electrons. The average Bonchev–Trinajstić information content (AvgIpc) is 3.81. The van der Waals surface area contributed by atoms with Crippen molar-refractivity contribution in [2.24, 2.45) is 9.98 Å². The summed E-state index contributed by atoms with van der Waals surface area (Å²) in [6.45, 7) is 4.64. The van der Waals surface area contributed by atoms with Gasteiger partial charge in [0.05, 0.1) is 33.9 Å². The van der Waals surface area contributed by atoms with E-state index >= 15 is 0 Å². The molecule has 1 aromatic heterocycles. The molecule has 1 aliphatic rings. The van der Waals surface area contributed by atoms with Crippen LogP contribution in [0.2, 0.25) is 0 Å². The van der Waals surface area contributed by atoms with Crippen LogP contribution >= 0.6 is 11.8 Å². The van der Waals surface area contributed by atoms with Crippen LogP contribution in [-0.2, 0) is 6.54 Å². The van der Waals surface area contributed by atoms with Gasteiger partial charge in [-0.3, -0.25) is 9.98 Å². The van der Waals surface area contributed by atoms with Gasteiger partial charge in [-0.1, -0.05) is 157 Å². The van der Waals surface area contributed by atoms with E-state index in [4.69, 9.17) is 4.99 Å². The minimum atomic E-state index is 0.566. The fourth-order valence-electron chi connectivity index (χ4n) is 7.99. The molecule has 9 aromatic rings. The van der Waals surface area contributed by atoms with E-state index in [0.29, 0.717) is 6.54 Å². The van der Waals surface area contributed by atoms with Gasteiger partial charge in [-0.25, -0.2) is 0 Å². The molecule has 10 rings (SSSR count). The Morgan fingerprint density at radius 1 is 0.491 bits per heavy atom. The first-order valence-corrected chi connectivity index (χ1v) is 20.0. The minimum absolute atomic E-state index is 0.566.